The van der Waals surface area contributed by atoms with Crippen molar-refractivity contribution in [3.63, 3.8) is 0 Å². The first-order valence-electron chi connectivity index (χ1n) is 18.3. The fourth-order valence-electron chi connectivity index (χ4n) is 5.71. The Morgan fingerprint density at radius 3 is 1.35 bits per heavy atom. The smallest absolute Gasteiger partial charge is 0.306 e. The van der Waals surface area contributed by atoms with Crippen LogP contribution in [0.25, 0.3) is 0 Å². The van der Waals surface area contributed by atoms with Gasteiger partial charge in [-0.05, 0) is 77.5 Å². The van der Waals surface area contributed by atoms with Gasteiger partial charge < -0.3 is 15.4 Å². The molecule has 0 radical (unpaired) electrons. The Morgan fingerprint density at radius 1 is 0.525 bits per heavy atom. The van der Waals surface area contributed by atoms with E-state index in [1.165, 1.54) is 148 Å². The van der Waals surface area contributed by atoms with Gasteiger partial charge in [-0.2, -0.15) is 0 Å². The molecule has 240 valence electrons. The quantitative estimate of drug-likeness (QED) is 0.0634. The van der Waals surface area contributed by atoms with Gasteiger partial charge in [0.25, 0.3) is 0 Å². The van der Waals surface area contributed by atoms with Crippen LogP contribution >= 0.6 is 0 Å². The Balaban J connectivity index is 4.10. The number of hydrogen-bond acceptors (Lipinski definition) is 4. The Hall–Kier alpha value is -0.610. The Bertz CT molecular complexity index is 483. The zero-order valence-electron chi connectivity index (χ0n) is 27.8. The number of carbonyl (C=O) groups is 1. The third-order valence-electron chi connectivity index (χ3n) is 8.42. The minimum atomic E-state index is 0.0499. The third kappa shape index (κ3) is 28.9. The van der Waals surface area contributed by atoms with Crippen LogP contribution < -0.4 is 5.73 Å². The van der Waals surface area contributed by atoms with Crippen molar-refractivity contribution in [2.45, 2.75) is 200 Å². The van der Waals surface area contributed by atoms with Crippen molar-refractivity contribution in [2.24, 2.45) is 5.73 Å². The van der Waals surface area contributed by atoms with Gasteiger partial charge in [0.2, 0.25) is 0 Å². The molecule has 0 rings (SSSR count). The van der Waals surface area contributed by atoms with Gasteiger partial charge in [-0.25, -0.2) is 0 Å². The minimum Gasteiger partial charge on any atom is -0.462 e. The summed E-state index contributed by atoms with van der Waals surface area (Å²) in [4.78, 5) is 15.3. The zero-order chi connectivity index (χ0) is 29.4. The molecule has 0 aromatic carbocycles. The van der Waals surface area contributed by atoms with Crippen LogP contribution in [-0.2, 0) is 9.53 Å². The summed E-state index contributed by atoms with van der Waals surface area (Å²) in [5.41, 5.74) is 5.78. The molecule has 0 fully saturated rings. The monoisotopic (exact) mass is 567 g/mol. The van der Waals surface area contributed by atoms with E-state index in [0.717, 1.165) is 45.2 Å². The Kier molecular flexibility index (Phi) is 32.4. The van der Waals surface area contributed by atoms with Gasteiger partial charge in [-0.15, -0.1) is 0 Å². The molecule has 0 amide bonds. The van der Waals surface area contributed by atoms with Crippen LogP contribution in [0, 0.1) is 0 Å². The normalized spacial score (nSPS) is 11.7. The maximum atomic E-state index is 12.6. The fourth-order valence-corrected chi connectivity index (χ4v) is 5.71. The molecule has 0 saturated carbocycles. The molecule has 0 aliphatic heterocycles. The van der Waals surface area contributed by atoms with E-state index in [9.17, 15) is 4.79 Å². The lowest BCUT2D eigenvalue weighted by atomic mass is 10.0. The first-order chi connectivity index (χ1) is 19.7. The van der Waals surface area contributed by atoms with Crippen LogP contribution in [0.1, 0.15) is 194 Å². The van der Waals surface area contributed by atoms with E-state index in [2.05, 4.69) is 25.7 Å². The number of ether oxygens (including phenoxy) is 1. The van der Waals surface area contributed by atoms with Crippen molar-refractivity contribution < 1.29 is 9.53 Å². The highest BCUT2D eigenvalue weighted by Gasteiger charge is 2.14. The van der Waals surface area contributed by atoms with E-state index in [-0.39, 0.29) is 12.1 Å². The molecular weight excluding hydrogens is 492 g/mol. The van der Waals surface area contributed by atoms with Crippen molar-refractivity contribution in [3.8, 4) is 0 Å². The number of nitrogens with two attached hydrogens (primary N) is 1. The number of esters is 1. The van der Waals surface area contributed by atoms with Crippen LogP contribution in [0.2, 0.25) is 0 Å². The van der Waals surface area contributed by atoms with E-state index >= 15 is 0 Å². The van der Waals surface area contributed by atoms with Crippen LogP contribution in [0.4, 0.5) is 0 Å². The second-order valence-corrected chi connectivity index (χ2v) is 12.5. The van der Waals surface area contributed by atoms with E-state index in [0.29, 0.717) is 6.42 Å². The molecule has 4 nitrogen and oxygen atoms in total. The van der Waals surface area contributed by atoms with Crippen LogP contribution in [0.15, 0.2) is 0 Å². The maximum absolute atomic E-state index is 12.6. The third-order valence-corrected chi connectivity index (χ3v) is 8.42. The summed E-state index contributed by atoms with van der Waals surface area (Å²) in [6, 6.07) is 0. The average molecular weight is 567 g/mol. The number of carbonyl (C=O) groups excluding carboxylic acids is 1. The molecule has 0 unspecified atom stereocenters. The van der Waals surface area contributed by atoms with Gasteiger partial charge in [0.05, 0.1) is 0 Å². The highest BCUT2D eigenvalue weighted by Crippen LogP contribution is 2.18. The van der Waals surface area contributed by atoms with Crippen molar-refractivity contribution in [3.05, 3.63) is 0 Å². The largest absolute Gasteiger partial charge is 0.462 e. The minimum absolute atomic E-state index is 0.0499. The summed E-state index contributed by atoms with van der Waals surface area (Å²) in [5, 5.41) is 0. The van der Waals surface area contributed by atoms with E-state index < -0.39 is 0 Å². The Labute approximate surface area is 252 Å². The molecule has 0 aliphatic carbocycles. The van der Waals surface area contributed by atoms with E-state index in [1.807, 2.05) is 0 Å². The van der Waals surface area contributed by atoms with Gasteiger partial charge >= 0.3 is 5.97 Å². The highest BCUT2D eigenvalue weighted by atomic mass is 16.5. The molecule has 0 aliphatic rings. The first-order valence-corrected chi connectivity index (χ1v) is 18.3. The molecule has 0 aromatic rings. The standard InChI is InChI=1S/C36H74N2O2/c1-4-7-10-13-17-22-28-35(29-23-18-14-11-8-5-2)40-36(39)30-24-19-16-21-26-33-38(34-27-31-37)32-25-20-15-12-9-6-3/h35H,4-34,37H2,1-3H3. The lowest BCUT2D eigenvalue weighted by Gasteiger charge is -2.22. The summed E-state index contributed by atoms with van der Waals surface area (Å²) in [6.45, 7) is 11.2. The molecular formula is C36H74N2O2. The van der Waals surface area contributed by atoms with E-state index in [1.54, 1.807) is 0 Å². The Morgan fingerprint density at radius 2 is 0.900 bits per heavy atom. The van der Waals surface area contributed by atoms with Crippen molar-refractivity contribution >= 4 is 5.97 Å². The molecule has 0 heterocycles. The zero-order valence-corrected chi connectivity index (χ0v) is 27.8. The predicted molar refractivity (Wildman–Crippen MR) is 177 cm³/mol. The van der Waals surface area contributed by atoms with Crippen LogP contribution in [0.5, 0.6) is 0 Å². The average Bonchev–Trinajstić information content (AvgIpc) is 2.95. The predicted octanol–water partition coefficient (Wildman–Crippen LogP) is 10.8. The summed E-state index contributed by atoms with van der Waals surface area (Å²) in [7, 11) is 0. The molecule has 0 spiro atoms. The number of hydrogen-bond donors (Lipinski definition) is 1. The van der Waals surface area contributed by atoms with Gasteiger partial charge in [0.1, 0.15) is 6.10 Å². The number of rotatable bonds is 33. The SMILES string of the molecule is CCCCCCCCC(CCCCCCCC)OC(=O)CCCCCCCN(CCCN)CCCCCCCC. The summed E-state index contributed by atoms with van der Waals surface area (Å²) in [5.74, 6) is 0.0499. The topological polar surface area (TPSA) is 55.6 Å². The molecule has 40 heavy (non-hydrogen) atoms. The number of nitrogens with zero attached hydrogens (tertiary/aromatic N) is 1. The van der Waals surface area contributed by atoms with E-state index in [4.69, 9.17) is 10.5 Å². The summed E-state index contributed by atoms with van der Waals surface area (Å²) < 4.78 is 6.02. The second kappa shape index (κ2) is 32.9. The molecule has 0 bridgehead atoms. The molecule has 4 heteroatoms. The van der Waals surface area contributed by atoms with Gasteiger partial charge in [0, 0.05) is 6.42 Å². The van der Waals surface area contributed by atoms with Crippen molar-refractivity contribution in [1.82, 2.24) is 4.90 Å². The summed E-state index contributed by atoms with van der Waals surface area (Å²) in [6.07, 6.45) is 33.7. The molecule has 0 aromatic heterocycles. The second-order valence-electron chi connectivity index (χ2n) is 12.5. The summed E-state index contributed by atoms with van der Waals surface area (Å²) >= 11 is 0. The van der Waals surface area contributed by atoms with Crippen LogP contribution in [-0.4, -0.2) is 43.2 Å². The highest BCUT2D eigenvalue weighted by molar-refractivity contribution is 5.69. The van der Waals surface area contributed by atoms with Crippen molar-refractivity contribution in [1.29, 1.82) is 0 Å². The van der Waals surface area contributed by atoms with Crippen LogP contribution in [0.3, 0.4) is 0 Å². The van der Waals surface area contributed by atoms with Gasteiger partial charge in [-0.1, -0.05) is 136 Å². The molecule has 0 saturated heterocycles. The lowest BCUT2D eigenvalue weighted by Crippen LogP contribution is -2.28. The van der Waals surface area contributed by atoms with Gasteiger partial charge in [0.15, 0.2) is 0 Å². The number of unbranched alkanes of at least 4 members (excludes halogenated alkanes) is 19. The first kappa shape index (κ1) is 39.4. The molecule has 2 N–H and O–H groups in total. The lowest BCUT2D eigenvalue weighted by molar-refractivity contribution is -0.150. The molecule has 0 atom stereocenters. The fraction of sp³-hybridized carbons (Fsp3) is 0.972. The van der Waals surface area contributed by atoms with Gasteiger partial charge in [-0.3, -0.25) is 4.79 Å². The van der Waals surface area contributed by atoms with Crippen molar-refractivity contribution in [2.75, 3.05) is 26.2 Å². The maximum Gasteiger partial charge on any atom is 0.306 e.